The molecule has 190 valence electrons. The molecule has 0 aliphatic carbocycles. The number of aryl methyl sites for hydroxylation is 3. The summed E-state index contributed by atoms with van der Waals surface area (Å²) in [6.45, 7) is 8.57. The molecule has 1 heterocycles. The number of anilines is 1. The van der Waals surface area contributed by atoms with Gasteiger partial charge in [-0.1, -0.05) is 51.3 Å². The van der Waals surface area contributed by atoms with E-state index in [0.717, 1.165) is 31.6 Å². The summed E-state index contributed by atoms with van der Waals surface area (Å²) in [4.78, 5) is 39.3. The van der Waals surface area contributed by atoms with Gasteiger partial charge in [0.1, 0.15) is 12.2 Å². The molecule has 0 bridgehead atoms. The predicted octanol–water partition coefficient (Wildman–Crippen LogP) is 6.02. The van der Waals surface area contributed by atoms with E-state index in [9.17, 15) is 14.4 Å². The van der Waals surface area contributed by atoms with Gasteiger partial charge < -0.3 is 9.47 Å². The fourth-order valence-electron chi connectivity index (χ4n) is 4.14. The van der Waals surface area contributed by atoms with Gasteiger partial charge in [-0.15, -0.1) is 0 Å². The molecule has 3 aromatic rings. The van der Waals surface area contributed by atoms with E-state index in [-0.39, 0.29) is 5.57 Å². The van der Waals surface area contributed by atoms with Crippen molar-refractivity contribution >= 4 is 45.5 Å². The highest BCUT2D eigenvalue weighted by molar-refractivity contribution is 9.10. The molecular formula is C29H27BrN2O5. The molecule has 7 nitrogen and oxygen atoms in total. The van der Waals surface area contributed by atoms with E-state index in [2.05, 4.69) is 39.4 Å². The summed E-state index contributed by atoms with van der Waals surface area (Å²) >= 11 is 3.41. The Labute approximate surface area is 224 Å². The number of halogens is 1. The zero-order chi connectivity index (χ0) is 26.7. The first-order valence-electron chi connectivity index (χ1n) is 11.8. The van der Waals surface area contributed by atoms with Gasteiger partial charge >= 0.3 is 6.03 Å². The van der Waals surface area contributed by atoms with Crippen LogP contribution in [0.3, 0.4) is 0 Å². The molecule has 3 aromatic carbocycles. The Balaban J connectivity index is 1.62. The van der Waals surface area contributed by atoms with E-state index in [4.69, 9.17) is 9.47 Å². The van der Waals surface area contributed by atoms with E-state index in [1.54, 1.807) is 36.4 Å². The maximum atomic E-state index is 13.2. The highest BCUT2D eigenvalue weighted by Gasteiger charge is 2.37. The Hall–Kier alpha value is -3.91. The average molecular weight is 563 g/mol. The molecule has 1 aliphatic rings. The zero-order valence-corrected chi connectivity index (χ0v) is 22.6. The number of nitrogens with zero attached hydrogens (tertiary/aromatic N) is 1. The molecule has 1 N–H and O–H groups in total. The number of urea groups is 1. The van der Waals surface area contributed by atoms with Gasteiger partial charge in [0.25, 0.3) is 11.8 Å². The highest BCUT2D eigenvalue weighted by Crippen LogP contribution is 2.31. The van der Waals surface area contributed by atoms with Crippen LogP contribution in [-0.4, -0.2) is 24.5 Å². The fourth-order valence-corrected chi connectivity index (χ4v) is 4.39. The van der Waals surface area contributed by atoms with E-state index in [1.807, 2.05) is 27.7 Å². The summed E-state index contributed by atoms with van der Waals surface area (Å²) in [6, 6.07) is 15.7. The number of nitrogens with one attached hydrogen (secondary N) is 1. The van der Waals surface area contributed by atoms with E-state index < -0.39 is 17.8 Å². The van der Waals surface area contributed by atoms with Crippen LogP contribution in [0.25, 0.3) is 6.08 Å². The van der Waals surface area contributed by atoms with Gasteiger partial charge in [-0.05, 0) is 80.8 Å². The molecule has 1 aliphatic heterocycles. The SMILES string of the molecule is CCOc1cc(/C=C2/C(=O)NC(=O)N(c3ccc(Br)c(C)c3)C2=O)ccc1OCc1cc(C)cc(C)c1. The molecule has 0 atom stereocenters. The minimum atomic E-state index is -0.793. The van der Waals surface area contributed by atoms with Crippen molar-refractivity contribution in [3.63, 3.8) is 0 Å². The molecule has 0 aromatic heterocycles. The number of carbonyl (C=O) groups is 3. The molecule has 0 saturated carbocycles. The van der Waals surface area contributed by atoms with Crippen molar-refractivity contribution in [3.8, 4) is 11.5 Å². The number of hydrogen-bond donors (Lipinski definition) is 1. The molecule has 0 unspecified atom stereocenters. The van der Waals surface area contributed by atoms with Crippen molar-refractivity contribution < 1.29 is 23.9 Å². The second-order valence-corrected chi connectivity index (χ2v) is 9.67. The maximum absolute atomic E-state index is 13.2. The Kier molecular flexibility index (Phi) is 7.78. The number of carbonyl (C=O) groups excluding carboxylic acids is 3. The van der Waals surface area contributed by atoms with Crippen molar-refractivity contribution in [1.29, 1.82) is 0 Å². The first kappa shape index (κ1) is 26.2. The van der Waals surface area contributed by atoms with Crippen LogP contribution in [0.2, 0.25) is 0 Å². The summed E-state index contributed by atoms with van der Waals surface area (Å²) in [5.41, 5.74) is 4.97. The molecular weight excluding hydrogens is 536 g/mol. The van der Waals surface area contributed by atoms with Crippen molar-refractivity contribution in [1.82, 2.24) is 5.32 Å². The number of rotatable bonds is 7. The highest BCUT2D eigenvalue weighted by atomic mass is 79.9. The van der Waals surface area contributed by atoms with Crippen LogP contribution in [0.5, 0.6) is 11.5 Å². The molecule has 0 spiro atoms. The summed E-state index contributed by atoms with van der Waals surface area (Å²) in [5.74, 6) is -0.428. The van der Waals surface area contributed by atoms with E-state index >= 15 is 0 Å². The first-order valence-corrected chi connectivity index (χ1v) is 12.6. The third kappa shape index (κ3) is 5.91. The van der Waals surface area contributed by atoms with Crippen LogP contribution < -0.4 is 19.7 Å². The summed E-state index contributed by atoms with van der Waals surface area (Å²) < 4.78 is 12.7. The summed E-state index contributed by atoms with van der Waals surface area (Å²) in [7, 11) is 0. The monoisotopic (exact) mass is 562 g/mol. The quantitative estimate of drug-likeness (QED) is 0.281. The second-order valence-electron chi connectivity index (χ2n) is 8.82. The van der Waals surface area contributed by atoms with Gasteiger partial charge in [0.2, 0.25) is 0 Å². The predicted molar refractivity (Wildman–Crippen MR) is 146 cm³/mol. The molecule has 1 saturated heterocycles. The van der Waals surface area contributed by atoms with Crippen LogP contribution in [0.15, 0.2) is 64.6 Å². The molecule has 1 fully saturated rings. The van der Waals surface area contributed by atoms with Crippen LogP contribution in [0.4, 0.5) is 10.5 Å². The van der Waals surface area contributed by atoms with Gasteiger partial charge in [0.05, 0.1) is 12.3 Å². The van der Waals surface area contributed by atoms with Crippen LogP contribution in [0.1, 0.15) is 34.7 Å². The third-order valence-corrected chi connectivity index (χ3v) is 6.65. The zero-order valence-electron chi connectivity index (χ0n) is 21.1. The molecule has 4 amide bonds. The molecule has 8 heteroatoms. The minimum absolute atomic E-state index is 0.161. The maximum Gasteiger partial charge on any atom is 0.335 e. The average Bonchev–Trinajstić information content (AvgIpc) is 2.83. The number of amides is 4. The van der Waals surface area contributed by atoms with Crippen molar-refractivity contribution in [2.24, 2.45) is 0 Å². The molecule has 0 radical (unpaired) electrons. The van der Waals surface area contributed by atoms with Gasteiger partial charge in [-0.25, -0.2) is 9.69 Å². The van der Waals surface area contributed by atoms with Gasteiger partial charge in [0.15, 0.2) is 11.5 Å². The summed E-state index contributed by atoms with van der Waals surface area (Å²) in [6.07, 6.45) is 1.44. The van der Waals surface area contributed by atoms with Crippen LogP contribution >= 0.6 is 15.9 Å². The Bertz CT molecular complexity index is 1410. The lowest BCUT2D eigenvalue weighted by Gasteiger charge is -2.26. The van der Waals surface area contributed by atoms with E-state index in [0.29, 0.717) is 36.0 Å². The van der Waals surface area contributed by atoms with Gasteiger partial charge in [0, 0.05) is 4.47 Å². The largest absolute Gasteiger partial charge is 0.490 e. The normalized spacial score (nSPS) is 14.7. The fraction of sp³-hybridized carbons (Fsp3) is 0.207. The van der Waals surface area contributed by atoms with Crippen molar-refractivity contribution in [2.45, 2.75) is 34.3 Å². The minimum Gasteiger partial charge on any atom is -0.490 e. The standard InChI is InChI=1S/C29H27BrN2O5/c1-5-36-26-15-20(6-9-25(26)37-16-21-11-17(2)10-18(3)12-21)14-23-27(33)31-29(35)32(28(23)34)22-7-8-24(30)19(4)13-22/h6-15H,5,16H2,1-4H3,(H,31,33,35)/b23-14-. The Morgan fingerprint density at radius 3 is 2.30 bits per heavy atom. The third-order valence-electron chi connectivity index (χ3n) is 5.76. The Morgan fingerprint density at radius 1 is 0.892 bits per heavy atom. The van der Waals surface area contributed by atoms with Crippen molar-refractivity contribution in [3.05, 3.63) is 92.5 Å². The lowest BCUT2D eigenvalue weighted by Crippen LogP contribution is -2.54. The van der Waals surface area contributed by atoms with Crippen LogP contribution in [0, 0.1) is 20.8 Å². The molecule has 37 heavy (non-hydrogen) atoms. The summed E-state index contributed by atoms with van der Waals surface area (Å²) in [5, 5.41) is 2.25. The lowest BCUT2D eigenvalue weighted by atomic mass is 10.1. The topological polar surface area (TPSA) is 84.9 Å². The van der Waals surface area contributed by atoms with Crippen molar-refractivity contribution in [2.75, 3.05) is 11.5 Å². The molecule has 4 rings (SSSR count). The van der Waals surface area contributed by atoms with Gasteiger partial charge in [-0.2, -0.15) is 0 Å². The first-order chi connectivity index (χ1) is 17.7. The number of imide groups is 2. The lowest BCUT2D eigenvalue weighted by molar-refractivity contribution is -0.122. The van der Waals surface area contributed by atoms with Gasteiger partial charge in [-0.3, -0.25) is 14.9 Å². The number of ether oxygens (including phenoxy) is 2. The van der Waals surface area contributed by atoms with Crippen LogP contribution in [-0.2, 0) is 16.2 Å². The second kappa shape index (κ2) is 11.0. The van der Waals surface area contributed by atoms with E-state index in [1.165, 1.54) is 6.08 Å². The number of barbiturate groups is 1. The number of benzene rings is 3. The number of hydrogen-bond acceptors (Lipinski definition) is 5. The smallest absolute Gasteiger partial charge is 0.335 e. The Morgan fingerprint density at radius 2 is 1.62 bits per heavy atom.